The monoisotopic (exact) mass is 452 g/mol. The van der Waals surface area contributed by atoms with Crippen LogP contribution >= 0.6 is 11.3 Å². The van der Waals surface area contributed by atoms with E-state index >= 15 is 0 Å². The predicted molar refractivity (Wildman–Crippen MR) is 122 cm³/mol. The lowest BCUT2D eigenvalue weighted by Gasteiger charge is -2.32. The smallest absolute Gasteiger partial charge is 0.310 e. The number of carbonyl (C=O) groups is 3. The first-order chi connectivity index (χ1) is 15.6. The molecule has 1 aromatic carbocycles. The summed E-state index contributed by atoms with van der Waals surface area (Å²) in [7, 11) is 0. The maximum absolute atomic E-state index is 13.4. The fraction of sp³-hybridized carbons (Fsp3) is 0.480. The third-order valence-electron chi connectivity index (χ3n) is 7.04. The van der Waals surface area contributed by atoms with E-state index in [0.29, 0.717) is 32.5 Å². The molecule has 0 spiro atoms. The van der Waals surface area contributed by atoms with Crippen LogP contribution in [0.15, 0.2) is 35.7 Å². The second-order valence-corrected chi connectivity index (χ2v) is 9.91. The van der Waals surface area contributed by atoms with Gasteiger partial charge in [0.1, 0.15) is 0 Å². The highest BCUT2D eigenvalue weighted by Crippen LogP contribution is 2.36. The Morgan fingerprint density at radius 2 is 1.78 bits per heavy atom. The number of hydrogen-bond acceptors (Lipinski definition) is 5. The van der Waals surface area contributed by atoms with Gasteiger partial charge >= 0.3 is 5.97 Å². The van der Waals surface area contributed by atoms with E-state index in [9.17, 15) is 14.4 Å². The van der Waals surface area contributed by atoms with E-state index < -0.39 is 11.9 Å². The first kappa shape index (κ1) is 21.2. The Labute approximate surface area is 192 Å². The van der Waals surface area contributed by atoms with Gasteiger partial charge in [-0.05, 0) is 54.3 Å². The Bertz CT molecular complexity index is 1030. The molecule has 1 aromatic heterocycles. The molecule has 7 heteroatoms. The molecule has 2 atom stereocenters. The molecule has 2 aliphatic heterocycles. The number of amides is 2. The Kier molecular flexibility index (Phi) is 6.00. The maximum Gasteiger partial charge on any atom is 0.310 e. The Morgan fingerprint density at radius 3 is 2.66 bits per heavy atom. The van der Waals surface area contributed by atoms with Crippen molar-refractivity contribution in [1.29, 1.82) is 0 Å². The van der Waals surface area contributed by atoms with Crippen molar-refractivity contribution in [1.82, 2.24) is 4.90 Å². The molecular formula is C25H28N2O4S. The number of anilines is 1. The van der Waals surface area contributed by atoms with Crippen LogP contribution in [0.5, 0.6) is 0 Å². The zero-order valence-electron chi connectivity index (χ0n) is 18.1. The molecule has 3 heterocycles. The number of hydrogen-bond donors (Lipinski definition) is 0. The standard InChI is InChI=1S/C25H28N2O4S/c28-23(26-12-10-22-18(15-26)11-14-32-22)16-31-25(30)20-7-3-2-6-19(20)24(29)27-13-9-17-5-1-4-8-21(17)27/h1,4-5,8,11,14,19-20H,2-3,6-7,9-10,12-13,15-16H2. The van der Waals surface area contributed by atoms with Crippen LogP contribution in [0.4, 0.5) is 5.69 Å². The lowest BCUT2D eigenvalue weighted by atomic mass is 9.78. The van der Waals surface area contributed by atoms with Crippen molar-refractivity contribution in [2.45, 2.75) is 45.1 Å². The summed E-state index contributed by atoms with van der Waals surface area (Å²) >= 11 is 1.73. The zero-order valence-corrected chi connectivity index (χ0v) is 18.9. The third-order valence-corrected chi connectivity index (χ3v) is 8.06. The van der Waals surface area contributed by atoms with Gasteiger partial charge in [0.25, 0.3) is 5.91 Å². The van der Waals surface area contributed by atoms with Crippen LogP contribution in [0.25, 0.3) is 0 Å². The van der Waals surface area contributed by atoms with E-state index in [2.05, 4.69) is 17.5 Å². The lowest BCUT2D eigenvalue weighted by Crippen LogP contribution is -2.43. The van der Waals surface area contributed by atoms with Crippen molar-refractivity contribution in [3.05, 3.63) is 51.7 Å². The number of ether oxygens (including phenoxy) is 1. The Hall–Kier alpha value is -2.67. The van der Waals surface area contributed by atoms with Crippen LogP contribution in [0, 0.1) is 11.8 Å². The third kappa shape index (κ3) is 4.06. The SMILES string of the molecule is O=C(OCC(=O)N1CCc2sccc2C1)C1CCCCC1C(=O)N1CCc2ccccc21. The van der Waals surface area contributed by atoms with Crippen LogP contribution in [0.1, 0.15) is 41.7 Å². The summed E-state index contributed by atoms with van der Waals surface area (Å²) in [6.45, 7) is 1.65. The van der Waals surface area contributed by atoms with Gasteiger partial charge in [-0.25, -0.2) is 0 Å². The van der Waals surface area contributed by atoms with Gasteiger partial charge in [0.05, 0.1) is 11.8 Å². The van der Waals surface area contributed by atoms with Crippen molar-refractivity contribution in [3.8, 4) is 0 Å². The van der Waals surface area contributed by atoms with E-state index in [1.165, 1.54) is 16.0 Å². The fourth-order valence-corrected chi connectivity index (χ4v) is 6.16. The largest absolute Gasteiger partial charge is 0.455 e. The van der Waals surface area contributed by atoms with E-state index in [-0.39, 0.29) is 24.3 Å². The number of rotatable bonds is 4. The Balaban J connectivity index is 1.21. The number of fused-ring (bicyclic) bond motifs is 2. The highest BCUT2D eigenvalue weighted by atomic mass is 32.1. The number of carbonyl (C=O) groups excluding carboxylic acids is 3. The minimum atomic E-state index is -0.471. The normalized spacial score (nSPS) is 22.2. The quantitative estimate of drug-likeness (QED) is 0.665. The summed E-state index contributed by atoms with van der Waals surface area (Å²) in [5, 5.41) is 2.05. The summed E-state index contributed by atoms with van der Waals surface area (Å²) in [6.07, 6.45) is 4.87. The van der Waals surface area contributed by atoms with Crippen molar-refractivity contribution >= 4 is 34.8 Å². The fourth-order valence-electron chi connectivity index (χ4n) is 5.27. The highest BCUT2D eigenvalue weighted by molar-refractivity contribution is 7.10. The van der Waals surface area contributed by atoms with E-state index in [1.54, 1.807) is 16.2 Å². The second kappa shape index (κ2) is 9.06. The van der Waals surface area contributed by atoms with E-state index in [1.807, 2.05) is 23.1 Å². The van der Waals surface area contributed by atoms with Crippen LogP contribution in [0.3, 0.4) is 0 Å². The molecule has 0 bridgehead atoms. The highest BCUT2D eigenvalue weighted by Gasteiger charge is 2.40. The maximum atomic E-state index is 13.4. The topological polar surface area (TPSA) is 66.9 Å². The van der Waals surface area contributed by atoms with Gasteiger partial charge < -0.3 is 14.5 Å². The van der Waals surface area contributed by atoms with Gasteiger partial charge in [0.15, 0.2) is 6.61 Å². The number of benzene rings is 1. The zero-order chi connectivity index (χ0) is 22.1. The minimum Gasteiger partial charge on any atom is -0.455 e. The molecule has 32 heavy (non-hydrogen) atoms. The van der Waals surface area contributed by atoms with E-state index in [0.717, 1.165) is 31.4 Å². The minimum absolute atomic E-state index is 0.0175. The summed E-state index contributed by atoms with van der Waals surface area (Å²) in [5.41, 5.74) is 3.32. The predicted octanol–water partition coefficient (Wildman–Crippen LogP) is 3.57. The van der Waals surface area contributed by atoms with Crippen molar-refractivity contribution < 1.29 is 19.1 Å². The number of nitrogens with zero attached hydrogens (tertiary/aromatic N) is 2. The number of thiophene rings is 1. The molecule has 0 N–H and O–H groups in total. The van der Waals surface area contributed by atoms with Gasteiger partial charge in [-0.2, -0.15) is 0 Å². The van der Waals surface area contributed by atoms with Gasteiger partial charge in [0, 0.05) is 30.2 Å². The van der Waals surface area contributed by atoms with Crippen LogP contribution in [-0.2, 0) is 38.5 Å². The molecule has 168 valence electrons. The van der Waals surface area contributed by atoms with Crippen molar-refractivity contribution in [2.75, 3.05) is 24.6 Å². The molecule has 6 nitrogen and oxygen atoms in total. The first-order valence-corrected chi connectivity index (χ1v) is 12.4. The first-order valence-electron chi connectivity index (χ1n) is 11.5. The number of esters is 1. The molecule has 0 radical (unpaired) electrons. The van der Waals surface area contributed by atoms with Crippen molar-refractivity contribution in [3.63, 3.8) is 0 Å². The Morgan fingerprint density at radius 1 is 0.969 bits per heavy atom. The molecule has 1 saturated carbocycles. The van der Waals surface area contributed by atoms with Crippen molar-refractivity contribution in [2.24, 2.45) is 11.8 Å². The van der Waals surface area contributed by atoms with Gasteiger partial charge in [-0.3, -0.25) is 14.4 Å². The van der Waals surface area contributed by atoms with Gasteiger partial charge in [-0.1, -0.05) is 31.0 Å². The molecule has 3 aliphatic rings. The average Bonchev–Trinajstić information content (AvgIpc) is 3.48. The molecule has 1 aliphatic carbocycles. The summed E-state index contributed by atoms with van der Waals surface area (Å²) < 4.78 is 5.48. The average molecular weight is 453 g/mol. The van der Waals surface area contributed by atoms with Crippen LogP contribution < -0.4 is 4.90 Å². The molecule has 5 rings (SSSR count). The second-order valence-electron chi connectivity index (χ2n) is 8.91. The van der Waals surface area contributed by atoms with Gasteiger partial charge in [-0.15, -0.1) is 11.3 Å². The summed E-state index contributed by atoms with van der Waals surface area (Å²) in [6, 6.07) is 10.0. The molecule has 2 amide bonds. The molecular weight excluding hydrogens is 424 g/mol. The molecule has 1 fully saturated rings. The molecule has 2 unspecified atom stereocenters. The number of para-hydroxylation sites is 1. The molecule has 0 saturated heterocycles. The van der Waals surface area contributed by atoms with Crippen LogP contribution in [0.2, 0.25) is 0 Å². The van der Waals surface area contributed by atoms with Gasteiger partial charge in [0.2, 0.25) is 5.91 Å². The molecule has 2 aromatic rings. The summed E-state index contributed by atoms with van der Waals surface area (Å²) in [4.78, 5) is 43.9. The summed E-state index contributed by atoms with van der Waals surface area (Å²) in [5.74, 6) is -1.40. The van der Waals surface area contributed by atoms with Crippen LogP contribution in [-0.4, -0.2) is 42.4 Å². The lowest BCUT2D eigenvalue weighted by molar-refractivity contribution is -0.159. The van der Waals surface area contributed by atoms with E-state index in [4.69, 9.17) is 4.74 Å².